The van der Waals surface area contributed by atoms with Crippen LogP contribution in [-0.2, 0) is 14.3 Å². The van der Waals surface area contributed by atoms with Crippen molar-refractivity contribution < 1.29 is 23.9 Å². The highest BCUT2D eigenvalue weighted by molar-refractivity contribution is 5.99. The minimum atomic E-state index is -1.13. The maximum Gasteiger partial charge on any atom is 0.408 e. The number of hydrogen-bond acceptors (Lipinski definition) is 6. The lowest BCUT2D eigenvalue weighted by atomic mass is 9.98. The van der Waals surface area contributed by atoms with Gasteiger partial charge >= 0.3 is 6.09 Å². The van der Waals surface area contributed by atoms with Crippen LogP contribution in [0.1, 0.15) is 58.2 Å². The molecule has 2 aromatic rings. The van der Waals surface area contributed by atoms with Crippen LogP contribution in [0.25, 0.3) is 0 Å². The number of hydrogen-bond donors (Lipinski definition) is 2. The molecule has 0 radical (unpaired) electrons. The lowest BCUT2D eigenvalue weighted by molar-refractivity contribution is -0.140. The quantitative estimate of drug-likeness (QED) is 0.425. The average molecular weight is 523 g/mol. The Hall–Kier alpha value is -4.06. The summed E-state index contributed by atoms with van der Waals surface area (Å²) >= 11 is 0. The maximum atomic E-state index is 13.9. The molecule has 0 aliphatic rings. The molecule has 38 heavy (non-hydrogen) atoms. The van der Waals surface area contributed by atoms with Gasteiger partial charge in [0.15, 0.2) is 0 Å². The number of aryl methyl sites for hydroxylation is 1. The number of alkyl carbamates (subject to hydrolysis) is 1. The molecule has 0 heterocycles. The van der Waals surface area contributed by atoms with Gasteiger partial charge in [-0.3, -0.25) is 9.59 Å². The molecule has 0 aromatic heterocycles. The molecule has 2 rings (SSSR count). The molecule has 0 fully saturated rings. The number of ether oxygens (including phenoxy) is 2. The summed E-state index contributed by atoms with van der Waals surface area (Å²) < 4.78 is 10.5. The standard InChI is InChI=1S/C29H38N4O5/c1-19(2)17-24(32-28(36)38-29(4,5)6)27(35)33(16-15-30)25(21-10-8-9-20(3)18-21)26(34)31-22-11-13-23(37-7)14-12-22/h8-14,18-19,24-25H,16-17H2,1-7H3,(H,31,34)(H,32,36). The molecule has 0 spiro atoms. The Morgan fingerprint density at radius 1 is 1.08 bits per heavy atom. The van der Waals surface area contributed by atoms with Crippen molar-refractivity contribution in [2.45, 2.75) is 65.6 Å². The van der Waals surface area contributed by atoms with Gasteiger partial charge in [-0.2, -0.15) is 5.26 Å². The molecule has 2 atom stereocenters. The molecule has 0 aliphatic carbocycles. The molecule has 0 saturated heterocycles. The minimum Gasteiger partial charge on any atom is -0.497 e. The van der Waals surface area contributed by atoms with Crippen LogP contribution in [0.15, 0.2) is 48.5 Å². The third kappa shape index (κ3) is 9.11. The van der Waals surface area contributed by atoms with Gasteiger partial charge < -0.3 is 25.0 Å². The SMILES string of the molecule is COc1ccc(NC(=O)C(c2cccc(C)c2)N(CC#N)C(=O)C(CC(C)C)NC(=O)OC(C)(C)C)cc1. The van der Waals surface area contributed by atoms with Gasteiger partial charge in [-0.05, 0) is 69.9 Å². The Bertz CT molecular complexity index is 1150. The predicted octanol–water partition coefficient (Wildman–Crippen LogP) is 4.98. The number of nitrogens with zero attached hydrogens (tertiary/aromatic N) is 2. The van der Waals surface area contributed by atoms with E-state index in [-0.39, 0.29) is 12.5 Å². The molecule has 9 nitrogen and oxygen atoms in total. The number of nitrogens with one attached hydrogen (secondary N) is 2. The normalized spacial score (nSPS) is 12.6. The summed E-state index contributed by atoms with van der Waals surface area (Å²) in [6, 6.07) is 13.9. The lowest BCUT2D eigenvalue weighted by Gasteiger charge is -2.33. The molecule has 0 saturated carbocycles. The zero-order valence-electron chi connectivity index (χ0n) is 23.2. The van der Waals surface area contributed by atoms with Crippen LogP contribution in [0.2, 0.25) is 0 Å². The Morgan fingerprint density at radius 3 is 2.26 bits per heavy atom. The summed E-state index contributed by atoms with van der Waals surface area (Å²) in [4.78, 5) is 41.4. The molecule has 9 heteroatoms. The second kappa shape index (κ2) is 13.5. The summed E-state index contributed by atoms with van der Waals surface area (Å²) in [6.45, 7) is 10.5. The minimum absolute atomic E-state index is 0.0355. The van der Waals surface area contributed by atoms with Gasteiger partial charge in [-0.1, -0.05) is 43.7 Å². The van der Waals surface area contributed by atoms with E-state index < -0.39 is 35.6 Å². The zero-order chi connectivity index (χ0) is 28.5. The van der Waals surface area contributed by atoms with Gasteiger partial charge in [0.1, 0.15) is 30.0 Å². The number of anilines is 1. The fourth-order valence-electron chi connectivity index (χ4n) is 3.91. The Kier molecular flexibility index (Phi) is 10.7. The first kappa shape index (κ1) is 30.2. The Balaban J connectivity index is 2.49. The monoisotopic (exact) mass is 522 g/mol. The number of carbonyl (C=O) groups excluding carboxylic acids is 3. The number of amides is 3. The first-order chi connectivity index (χ1) is 17.8. The van der Waals surface area contributed by atoms with Crippen molar-refractivity contribution in [3.8, 4) is 11.8 Å². The molecule has 2 unspecified atom stereocenters. The number of nitriles is 1. The van der Waals surface area contributed by atoms with E-state index in [9.17, 15) is 19.6 Å². The van der Waals surface area contributed by atoms with Crippen molar-refractivity contribution in [1.82, 2.24) is 10.2 Å². The topological polar surface area (TPSA) is 121 Å². The lowest BCUT2D eigenvalue weighted by Crippen LogP contribution is -2.53. The van der Waals surface area contributed by atoms with E-state index in [4.69, 9.17) is 9.47 Å². The molecule has 2 aromatic carbocycles. The summed E-state index contributed by atoms with van der Waals surface area (Å²) in [5.74, 6) is -0.384. The summed E-state index contributed by atoms with van der Waals surface area (Å²) in [6.07, 6.45) is -0.455. The van der Waals surface area contributed by atoms with Crippen molar-refractivity contribution in [3.05, 3.63) is 59.7 Å². The van der Waals surface area contributed by atoms with Crippen molar-refractivity contribution in [1.29, 1.82) is 5.26 Å². The van der Waals surface area contributed by atoms with Gasteiger partial charge in [0, 0.05) is 5.69 Å². The smallest absolute Gasteiger partial charge is 0.408 e. The molecule has 3 amide bonds. The average Bonchev–Trinajstić information content (AvgIpc) is 2.82. The van der Waals surface area contributed by atoms with E-state index in [0.717, 1.165) is 5.56 Å². The summed E-state index contributed by atoms with van der Waals surface area (Å²) in [5.41, 5.74) is 1.17. The van der Waals surface area contributed by atoms with Gasteiger partial charge in [-0.25, -0.2) is 4.79 Å². The third-order valence-corrected chi connectivity index (χ3v) is 5.50. The predicted molar refractivity (Wildman–Crippen MR) is 145 cm³/mol. The van der Waals surface area contributed by atoms with Crippen LogP contribution >= 0.6 is 0 Å². The highest BCUT2D eigenvalue weighted by atomic mass is 16.6. The van der Waals surface area contributed by atoms with E-state index in [1.807, 2.05) is 32.9 Å². The fourth-order valence-corrected chi connectivity index (χ4v) is 3.91. The van der Waals surface area contributed by atoms with E-state index in [1.54, 1.807) is 70.3 Å². The van der Waals surface area contributed by atoms with E-state index in [1.165, 1.54) is 4.90 Å². The van der Waals surface area contributed by atoms with Gasteiger partial charge in [0.05, 0.1) is 13.2 Å². The van der Waals surface area contributed by atoms with Crippen LogP contribution in [0.4, 0.5) is 10.5 Å². The van der Waals surface area contributed by atoms with Crippen LogP contribution < -0.4 is 15.4 Å². The molecule has 2 N–H and O–H groups in total. The Labute approximate surface area is 225 Å². The summed E-state index contributed by atoms with van der Waals surface area (Å²) in [5, 5.41) is 15.2. The van der Waals surface area contributed by atoms with E-state index in [2.05, 4.69) is 10.6 Å². The zero-order valence-corrected chi connectivity index (χ0v) is 23.2. The van der Waals surface area contributed by atoms with E-state index >= 15 is 0 Å². The van der Waals surface area contributed by atoms with E-state index in [0.29, 0.717) is 23.4 Å². The van der Waals surface area contributed by atoms with Crippen molar-refractivity contribution in [3.63, 3.8) is 0 Å². The summed E-state index contributed by atoms with van der Waals surface area (Å²) in [7, 11) is 1.55. The fraction of sp³-hybridized carbons (Fsp3) is 0.448. The largest absolute Gasteiger partial charge is 0.497 e. The molecule has 0 bridgehead atoms. The molecular weight excluding hydrogens is 484 g/mol. The number of rotatable bonds is 10. The number of methoxy groups -OCH3 is 1. The number of carbonyl (C=O) groups is 3. The van der Waals surface area contributed by atoms with Crippen LogP contribution in [0.5, 0.6) is 5.75 Å². The Morgan fingerprint density at radius 2 is 1.74 bits per heavy atom. The van der Waals surface area contributed by atoms with Crippen molar-refractivity contribution in [2.75, 3.05) is 19.0 Å². The highest BCUT2D eigenvalue weighted by Gasteiger charge is 2.36. The molecular formula is C29H38N4O5. The first-order valence-corrected chi connectivity index (χ1v) is 12.5. The molecule has 204 valence electrons. The van der Waals surface area contributed by atoms with Crippen molar-refractivity contribution >= 4 is 23.6 Å². The maximum absolute atomic E-state index is 13.9. The van der Waals surface area contributed by atoms with Crippen LogP contribution in [-0.4, -0.2) is 48.1 Å². The molecule has 0 aliphatic heterocycles. The van der Waals surface area contributed by atoms with Crippen LogP contribution in [0, 0.1) is 24.2 Å². The van der Waals surface area contributed by atoms with Gasteiger partial charge in [0.25, 0.3) is 5.91 Å². The first-order valence-electron chi connectivity index (χ1n) is 12.5. The highest BCUT2D eigenvalue weighted by Crippen LogP contribution is 2.26. The van der Waals surface area contributed by atoms with Crippen molar-refractivity contribution in [2.24, 2.45) is 5.92 Å². The number of benzene rings is 2. The second-order valence-corrected chi connectivity index (χ2v) is 10.5. The van der Waals surface area contributed by atoms with Crippen LogP contribution in [0.3, 0.4) is 0 Å². The van der Waals surface area contributed by atoms with Gasteiger partial charge in [0.2, 0.25) is 5.91 Å². The third-order valence-electron chi connectivity index (χ3n) is 5.50. The van der Waals surface area contributed by atoms with Gasteiger partial charge in [-0.15, -0.1) is 0 Å². The second-order valence-electron chi connectivity index (χ2n) is 10.5.